The number of rotatable bonds is 5. The Morgan fingerprint density at radius 2 is 1.88 bits per heavy atom. The van der Waals surface area contributed by atoms with Crippen LogP contribution in [-0.4, -0.2) is 42.5 Å². The maximum atomic E-state index is 12.5. The zero-order chi connectivity index (χ0) is 18.5. The van der Waals surface area contributed by atoms with Gasteiger partial charge in [0, 0.05) is 26.1 Å². The fourth-order valence-electron chi connectivity index (χ4n) is 4.01. The number of carbonyl (C=O) groups excluding carboxylic acids is 2. The third-order valence-electron chi connectivity index (χ3n) is 5.57. The highest BCUT2D eigenvalue weighted by molar-refractivity contribution is 5.78. The third kappa shape index (κ3) is 4.23. The van der Waals surface area contributed by atoms with Crippen LogP contribution in [-0.2, 0) is 20.7 Å². The molecule has 0 radical (unpaired) electrons. The summed E-state index contributed by atoms with van der Waals surface area (Å²) in [5, 5.41) is 8.82. The number of hydrogen-bond acceptors (Lipinski definition) is 4. The van der Waals surface area contributed by atoms with Gasteiger partial charge in [0.15, 0.2) is 0 Å². The number of nitriles is 1. The first-order valence-corrected chi connectivity index (χ1v) is 9.26. The second-order valence-electron chi connectivity index (χ2n) is 7.16. The van der Waals surface area contributed by atoms with E-state index in [0.717, 1.165) is 18.4 Å². The standard InChI is InChI=1S/C20H25N3O3/c21-13-15-3-1-14(2-4-15)5-6-18(24)23-10-7-16(8-11-23)19-17(20(22)25)9-12-26-19/h1-4,16-17,19H,5-12H2,(H2,22,25)/t17-,19+/m0/s1. The smallest absolute Gasteiger partial charge is 0.223 e. The molecule has 6 nitrogen and oxygen atoms in total. The van der Waals surface area contributed by atoms with E-state index in [4.69, 9.17) is 15.7 Å². The molecule has 0 aliphatic carbocycles. The summed E-state index contributed by atoms with van der Waals surface area (Å²) in [6.45, 7) is 2.02. The highest BCUT2D eigenvalue weighted by atomic mass is 16.5. The number of nitrogens with two attached hydrogens (primary N) is 1. The second kappa shape index (κ2) is 8.33. The lowest BCUT2D eigenvalue weighted by atomic mass is 9.84. The molecule has 2 aliphatic rings. The van der Waals surface area contributed by atoms with Crippen molar-refractivity contribution in [3.8, 4) is 6.07 Å². The van der Waals surface area contributed by atoms with Crippen molar-refractivity contribution >= 4 is 11.8 Å². The lowest BCUT2D eigenvalue weighted by Gasteiger charge is -2.35. The number of aryl methyl sites for hydroxylation is 1. The quantitative estimate of drug-likeness (QED) is 0.868. The molecule has 1 aromatic carbocycles. The van der Waals surface area contributed by atoms with Gasteiger partial charge >= 0.3 is 0 Å². The highest BCUT2D eigenvalue weighted by Gasteiger charge is 2.39. The van der Waals surface area contributed by atoms with Crippen LogP contribution in [0.15, 0.2) is 24.3 Å². The number of hydrogen-bond donors (Lipinski definition) is 1. The van der Waals surface area contributed by atoms with Crippen molar-refractivity contribution in [3.05, 3.63) is 35.4 Å². The molecule has 2 atom stereocenters. The highest BCUT2D eigenvalue weighted by Crippen LogP contribution is 2.33. The molecule has 138 valence electrons. The maximum absolute atomic E-state index is 12.5. The van der Waals surface area contributed by atoms with Gasteiger partial charge in [0.05, 0.1) is 23.7 Å². The van der Waals surface area contributed by atoms with Crippen LogP contribution in [0.2, 0.25) is 0 Å². The molecule has 0 aromatic heterocycles. The van der Waals surface area contributed by atoms with Gasteiger partial charge in [-0.25, -0.2) is 0 Å². The molecule has 0 unspecified atom stereocenters. The topological polar surface area (TPSA) is 96.4 Å². The number of ether oxygens (including phenoxy) is 1. The molecule has 2 N–H and O–H groups in total. The summed E-state index contributed by atoms with van der Waals surface area (Å²) in [7, 11) is 0. The van der Waals surface area contributed by atoms with Crippen LogP contribution in [0.5, 0.6) is 0 Å². The minimum atomic E-state index is -0.270. The SMILES string of the molecule is N#Cc1ccc(CCC(=O)N2CCC([C@H]3OCC[C@@H]3C(N)=O)CC2)cc1. The summed E-state index contributed by atoms with van der Waals surface area (Å²) in [5.41, 5.74) is 7.18. The second-order valence-corrected chi connectivity index (χ2v) is 7.16. The van der Waals surface area contributed by atoms with Crippen LogP contribution >= 0.6 is 0 Å². The van der Waals surface area contributed by atoms with Gasteiger partial charge in [-0.2, -0.15) is 5.26 Å². The van der Waals surface area contributed by atoms with Crippen molar-refractivity contribution < 1.29 is 14.3 Å². The number of carbonyl (C=O) groups is 2. The van der Waals surface area contributed by atoms with Crippen LogP contribution in [0.3, 0.4) is 0 Å². The molecular weight excluding hydrogens is 330 g/mol. The summed E-state index contributed by atoms with van der Waals surface area (Å²) in [5.74, 6) is 0.0104. The van der Waals surface area contributed by atoms with E-state index < -0.39 is 0 Å². The van der Waals surface area contributed by atoms with E-state index in [1.54, 1.807) is 12.1 Å². The van der Waals surface area contributed by atoms with E-state index in [1.165, 1.54) is 0 Å². The van der Waals surface area contributed by atoms with Gasteiger partial charge in [0.25, 0.3) is 0 Å². The van der Waals surface area contributed by atoms with Crippen molar-refractivity contribution in [2.24, 2.45) is 17.6 Å². The van der Waals surface area contributed by atoms with Crippen LogP contribution in [0.1, 0.15) is 36.8 Å². The molecule has 2 amide bonds. The van der Waals surface area contributed by atoms with Crippen molar-refractivity contribution in [3.63, 3.8) is 0 Å². The van der Waals surface area contributed by atoms with Crippen molar-refractivity contribution in [2.45, 2.75) is 38.2 Å². The predicted octanol–water partition coefficient (Wildman–Crippen LogP) is 1.62. The molecule has 26 heavy (non-hydrogen) atoms. The van der Waals surface area contributed by atoms with E-state index in [9.17, 15) is 9.59 Å². The lowest BCUT2D eigenvalue weighted by molar-refractivity contribution is -0.134. The number of piperidine rings is 1. The number of benzene rings is 1. The molecule has 6 heteroatoms. The maximum Gasteiger partial charge on any atom is 0.223 e. The van der Waals surface area contributed by atoms with Gasteiger partial charge in [-0.05, 0) is 49.3 Å². The Morgan fingerprint density at radius 3 is 2.50 bits per heavy atom. The Morgan fingerprint density at radius 1 is 1.19 bits per heavy atom. The molecule has 1 aromatic rings. The molecule has 0 saturated carbocycles. The van der Waals surface area contributed by atoms with Crippen molar-refractivity contribution in [1.29, 1.82) is 5.26 Å². The lowest BCUT2D eigenvalue weighted by Crippen LogP contribution is -2.44. The van der Waals surface area contributed by atoms with Gasteiger partial charge in [-0.3, -0.25) is 9.59 Å². The van der Waals surface area contributed by atoms with Crippen molar-refractivity contribution in [2.75, 3.05) is 19.7 Å². The number of likely N-dealkylation sites (tertiary alicyclic amines) is 1. The van der Waals surface area contributed by atoms with Crippen LogP contribution in [0.25, 0.3) is 0 Å². The van der Waals surface area contributed by atoms with E-state index >= 15 is 0 Å². The Hall–Kier alpha value is -2.39. The summed E-state index contributed by atoms with van der Waals surface area (Å²) in [6, 6.07) is 9.46. The first-order valence-electron chi connectivity index (χ1n) is 9.26. The first-order chi connectivity index (χ1) is 12.6. The molecule has 2 heterocycles. The minimum absolute atomic E-state index is 0.0802. The zero-order valence-electron chi connectivity index (χ0n) is 14.9. The summed E-state index contributed by atoms with van der Waals surface area (Å²) < 4.78 is 5.76. The Bertz CT molecular complexity index is 687. The fourth-order valence-corrected chi connectivity index (χ4v) is 4.01. The van der Waals surface area contributed by atoms with Crippen LogP contribution < -0.4 is 5.73 Å². The number of primary amides is 1. The Kier molecular flexibility index (Phi) is 5.89. The van der Waals surface area contributed by atoms with Gasteiger partial charge in [-0.1, -0.05) is 12.1 Å². The molecule has 2 aliphatic heterocycles. The van der Waals surface area contributed by atoms with E-state index in [1.807, 2.05) is 17.0 Å². The number of amides is 2. The molecule has 2 saturated heterocycles. The molecule has 2 fully saturated rings. The van der Waals surface area contributed by atoms with E-state index in [-0.39, 0.29) is 23.8 Å². The zero-order valence-corrected chi connectivity index (χ0v) is 14.9. The first kappa shape index (κ1) is 18.4. The summed E-state index contributed by atoms with van der Waals surface area (Å²) in [6.07, 6.45) is 3.50. The Balaban J connectivity index is 1.46. The van der Waals surface area contributed by atoms with Crippen molar-refractivity contribution in [1.82, 2.24) is 4.90 Å². The largest absolute Gasteiger partial charge is 0.377 e. The van der Waals surface area contributed by atoms with Gasteiger partial charge in [0.2, 0.25) is 11.8 Å². The summed E-state index contributed by atoms with van der Waals surface area (Å²) in [4.78, 5) is 25.9. The normalized spacial score (nSPS) is 23.6. The average Bonchev–Trinajstić information content (AvgIpc) is 3.17. The predicted molar refractivity (Wildman–Crippen MR) is 95.8 cm³/mol. The van der Waals surface area contributed by atoms with Gasteiger partial charge in [0.1, 0.15) is 0 Å². The molecule has 3 rings (SSSR count). The monoisotopic (exact) mass is 355 g/mol. The van der Waals surface area contributed by atoms with Crippen LogP contribution in [0, 0.1) is 23.2 Å². The summed E-state index contributed by atoms with van der Waals surface area (Å²) >= 11 is 0. The Labute approximate surface area is 153 Å². The minimum Gasteiger partial charge on any atom is -0.377 e. The molecular formula is C20H25N3O3. The van der Waals surface area contributed by atoms with Gasteiger partial charge < -0.3 is 15.4 Å². The van der Waals surface area contributed by atoms with E-state index in [0.29, 0.717) is 50.4 Å². The molecule has 0 bridgehead atoms. The molecule has 0 spiro atoms. The van der Waals surface area contributed by atoms with Crippen LogP contribution in [0.4, 0.5) is 0 Å². The fraction of sp³-hybridized carbons (Fsp3) is 0.550. The third-order valence-corrected chi connectivity index (χ3v) is 5.57. The number of nitrogens with zero attached hydrogens (tertiary/aromatic N) is 2. The van der Waals surface area contributed by atoms with E-state index in [2.05, 4.69) is 6.07 Å². The van der Waals surface area contributed by atoms with Gasteiger partial charge in [-0.15, -0.1) is 0 Å². The average molecular weight is 355 g/mol.